The largest absolute Gasteiger partial charge is 0.387 e. The van der Waals surface area contributed by atoms with Crippen LogP contribution < -0.4 is 5.73 Å². The molecule has 0 bridgehead atoms. The molecule has 1 fully saturated rings. The number of hydrogen-bond acceptors (Lipinski definition) is 4. The molecule has 88 valence electrons. The molecule has 1 heterocycles. The van der Waals surface area contributed by atoms with Crippen LogP contribution in [-0.4, -0.2) is 10.8 Å². The van der Waals surface area contributed by atoms with Gasteiger partial charge in [0.05, 0.1) is 9.48 Å². The second-order valence-electron chi connectivity index (χ2n) is 3.97. The van der Waals surface area contributed by atoms with Gasteiger partial charge in [0.25, 0.3) is 0 Å². The summed E-state index contributed by atoms with van der Waals surface area (Å²) < 4.78 is 1.04. The highest BCUT2D eigenvalue weighted by molar-refractivity contribution is 9.11. The van der Waals surface area contributed by atoms with Crippen LogP contribution in [0.1, 0.15) is 30.0 Å². The van der Waals surface area contributed by atoms with Crippen LogP contribution in [0.3, 0.4) is 0 Å². The number of aromatic nitrogens is 1. The Balaban J connectivity index is 1.77. The molecule has 4 nitrogen and oxygen atoms in total. The van der Waals surface area contributed by atoms with Gasteiger partial charge in [-0.1, -0.05) is 5.16 Å². The molecule has 0 aliphatic heterocycles. The van der Waals surface area contributed by atoms with Gasteiger partial charge in [0, 0.05) is 6.42 Å². The van der Waals surface area contributed by atoms with Gasteiger partial charge in [-0.25, -0.2) is 4.98 Å². The monoisotopic (exact) mass is 303 g/mol. The van der Waals surface area contributed by atoms with Gasteiger partial charge in [0.2, 0.25) is 0 Å². The number of rotatable bonds is 5. The van der Waals surface area contributed by atoms with Gasteiger partial charge in [-0.3, -0.25) is 0 Å². The molecule has 1 aromatic rings. The highest BCUT2D eigenvalue weighted by atomic mass is 79.9. The van der Waals surface area contributed by atoms with Crippen LogP contribution >= 0.6 is 27.3 Å². The number of aryl methyl sites for hydroxylation is 1. The van der Waals surface area contributed by atoms with E-state index in [0.29, 0.717) is 12.4 Å². The summed E-state index contributed by atoms with van der Waals surface area (Å²) >= 11 is 4.98. The summed E-state index contributed by atoms with van der Waals surface area (Å²) in [7, 11) is 0. The van der Waals surface area contributed by atoms with E-state index in [1.807, 2.05) is 6.92 Å². The number of hydrogen-bond donors (Lipinski definition) is 1. The van der Waals surface area contributed by atoms with Crippen molar-refractivity contribution in [2.75, 3.05) is 0 Å². The molecule has 16 heavy (non-hydrogen) atoms. The third-order valence-electron chi connectivity index (χ3n) is 2.35. The van der Waals surface area contributed by atoms with Gasteiger partial charge in [-0.2, -0.15) is 0 Å². The Labute approximate surface area is 107 Å². The minimum absolute atomic E-state index is 0.391. The van der Waals surface area contributed by atoms with Crippen molar-refractivity contribution in [3.63, 3.8) is 0 Å². The molecule has 1 aliphatic carbocycles. The standard InChI is InChI=1S/C10H14BrN3OS/c1-6-10(11)16-9(13-6)5-15-14-8(12)4-7-2-3-7/h7H,2-5H2,1H3,(H2,12,14). The zero-order chi connectivity index (χ0) is 11.5. The fraction of sp³-hybridized carbons (Fsp3) is 0.600. The van der Waals surface area contributed by atoms with Gasteiger partial charge in [-0.15, -0.1) is 11.3 Å². The Morgan fingerprint density at radius 1 is 1.69 bits per heavy atom. The topological polar surface area (TPSA) is 60.5 Å². The third-order valence-corrected chi connectivity index (χ3v) is 4.33. The molecular weight excluding hydrogens is 290 g/mol. The van der Waals surface area contributed by atoms with E-state index in [-0.39, 0.29) is 0 Å². The van der Waals surface area contributed by atoms with Crippen molar-refractivity contribution >= 4 is 33.1 Å². The number of nitrogens with zero attached hydrogens (tertiary/aromatic N) is 2. The molecule has 0 amide bonds. The van der Waals surface area contributed by atoms with E-state index in [1.165, 1.54) is 12.8 Å². The first-order valence-corrected chi connectivity index (χ1v) is 6.82. The molecule has 0 unspecified atom stereocenters. The molecular formula is C10H14BrN3OS. The van der Waals surface area contributed by atoms with Crippen molar-refractivity contribution in [1.82, 2.24) is 4.98 Å². The maximum absolute atomic E-state index is 5.71. The summed E-state index contributed by atoms with van der Waals surface area (Å²) in [4.78, 5) is 9.49. The first-order valence-electron chi connectivity index (χ1n) is 5.21. The molecule has 0 aromatic carbocycles. The first-order chi connectivity index (χ1) is 7.65. The Morgan fingerprint density at radius 3 is 3.00 bits per heavy atom. The van der Waals surface area contributed by atoms with E-state index in [1.54, 1.807) is 11.3 Å². The first kappa shape index (κ1) is 11.9. The zero-order valence-corrected chi connectivity index (χ0v) is 11.5. The van der Waals surface area contributed by atoms with Crippen LogP contribution in [0.2, 0.25) is 0 Å². The summed E-state index contributed by atoms with van der Waals surface area (Å²) in [6, 6.07) is 0. The summed E-state index contributed by atoms with van der Waals surface area (Å²) in [6.45, 7) is 2.34. The average molecular weight is 304 g/mol. The Bertz CT molecular complexity index is 381. The van der Waals surface area contributed by atoms with E-state index in [9.17, 15) is 0 Å². The SMILES string of the molecule is Cc1nc(CO/N=C(\N)CC2CC2)sc1Br. The minimum atomic E-state index is 0.391. The van der Waals surface area contributed by atoms with Crippen LogP contribution in [0.5, 0.6) is 0 Å². The van der Waals surface area contributed by atoms with E-state index in [4.69, 9.17) is 10.6 Å². The van der Waals surface area contributed by atoms with Crippen molar-refractivity contribution in [2.45, 2.75) is 32.8 Å². The quantitative estimate of drug-likeness (QED) is 0.517. The van der Waals surface area contributed by atoms with Crippen LogP contribution in [0, 0.1) is 12.8 Å². The lowest BCUT2D eigenvalue weighted by Crippen LogP contribution is -2.12. The van der Waals surface area contributed by atoms with E-state index >= 15 is 0 Å². The van der Waals surface area contributed by atoms with Crippen molar-refractivity contribution < 1.29 is 4.84 Å². The predicted molar refractivity (Wildman–Crippen MR) is 68.3 cm³/mol. The Kier molecular flexibility index (Phi) is 3.81. The van der Waals surface area contributed by atoms with Gasteiger partial charge in [0.15, 0.2) is 6.61 Å². The lowest BCUT2D eigenvalue weighted by molar-refractivity contribution is 0.129. The van der Waals surface area contributed by atoms with Gasteiger partial charge in [0.1, 0.15) is 10.8 Å². The minimum Gasteiger partial charge on any atom is -0.387 e. The lowest BCUT2D eigenvalue weighted by Gasteiger charge is -1.98. The van der Waals surface area contributed by atoms with Crippen molar-refractivity contribution in [2.24, 2.45) is 16.8 Å². The number of thiazole rings is 1. The maximum Gasteiger partial charge on any atom is 0.168 e. The summed E-state index contributed by atoms with van der Waals surface area (Å²) in [5.41, 5.74) is 6.70. The number of nitrogens with two attached hydrogens (primary N) is 1. The van der Waals surface area contributed by atoms with Crippen LogP contribution in [-0.2, 0) is 11.4 Å². The Hall–Kier alpha value is -0.620. The summed E-state index contributed by atoms with van der Waals surface area (Å²) in [5, 5.41) is 4.79. The lowest BCUT2D eigenvalue weighted by atomic mass is 10.3. The normalized spacial score (nSPS) is 16.5. The summed E-state index contributed by atoms with van der Waals surface area (Å²) in [5.74, 6) is 1.33. The molecule has 0 saturated heterocycles. The van der Waals surface area contributed by atoms with Crippen molar-refractivity contribution in [1.29, 1.82) is 0 Å². The van der Waals surface area contributed by atoms with Crippen LogP contribution in [0.25, 0.3) is 0 Å². The van der Waals surface area contributed by atoms with Crippen LogP contribution in [0.15, 0.2) is 8.94 Å². The van der Waals surface area contributed by atoms with E-state index in [0.717, 1.165) is 26.8 Å². The third kappa shape index (κ3) is 3.45. The molecule has 6 heteroatoms. The van der Waals surface area contributed by atoms with Crippen molar-refractivity contribution in [3.8, 4) is 0 Å². The molecule has 0 atom stereocenters. The molecule has 0 radical (unpaired) electrons. The molecule has 2 N–H and O–H groups in total. The van der Waals surface area contributed by atoms with Gasteiger partial charge >= 0.3 is 0 Å². The smallest absolute Gasteiger partial charge is 0.168 e. The van der Waals surface area contributed by atoms with E-state index < -0.39 is 0 Å². The number of amidine groups is 1. The zero-order valence-electron chi connectivity index (χ0n) is 9.07. The average Bonchev–Trinajstić information content (AvgIpc) is 2.95. The second kappa shape index (κ2) is 5.14. The molecule has 0 spiro atoms. The number of oxime groups is 1. The van der Waals surface area contributed by atoms with Crippen LogP contribution in [0.4, 0.5) is 0 Å². The fourth-order valence-corrected chi connectivity index (χ4v) is 2.66. The highest BCUT2D eigenvalue weighted by Gasteiger charge is 2.22. The predicted octanol–water partition coefficient (Wildman–Crippen LogP) is 2.80. The molecule has 1 aliphatic rings. The van der Waals surface area contributed by atoms with Crippen molar-refractivity contribution in [3.05, 3.63) is 14.5 Å². The molecule has 2 rings (SSSR count). The second-order valence-corrected chi connectivity index (χ2v) is 6.37. The van der Waals surface area contributed by atoms with Gasteiger partial charge < -0.3 is 10.6 Å². The van der Waals surface area contributed by atoms with E-state index in [2.05, 4.69) is 26.1 Å². The number of halogens is 1. The maximum atomic E-state index is 5.71. The molecule has 1 saturated carbocycles. The van der Waals surface area contributed by atoms with Gasteiger partial charge in [-0.05, 0) is 41.6 Å². The highest BCUT2D eigenvalue weighted by Crippen LogP contribution is 2.32. The fourth-order valence-electron chi connectivity index (χ4n) is 1.32. The molecule has 1 aromatic heterocycles. The Morgan fingerprint density at radius 2 is 2.44 bits per heavy atom. The summed E-state index contributed by atoms with van der Waals surface area (Å²) in [6.07, 6.45) is 3.41.